The van der Waals surface area contributed by atoms with Crippen molar-refractivity contribution in [2.75, 3.05) is 23.7 Å². The van der Waals surface area contributed by atoms with Gasteiger partial charge in [-0.25, -0.2) is 13.4 Å². The van der Waals surface area contributed by atoms with Gasteiger partial charge in [0.2, 0.25) is 21.8 Å². The molecular formula is C20H27N5O4S2. The Morgan fingerprint density at radius 1 is 1.13 bits per heavy atom. The number of aromatic nitrogens is 1. The molecule has 11 heteroatoms. The third-order valence-electron chi connectivity index (χ3n) is 4.83. The topological polar surface area (TPSA) is 120 Å². The van der Waals surface area contributed by atoms with Crippen molar-refractivity contribution in [3.05, 3.63) is 35.3 Å². The van der Waals surface area contributed by atoms with Gasteiger partial charge in [0.1, 0.15) is 0 Å². The average molecular weight is 466 g/mol. The van der Waals surface area contributed by atoms with Crippen molar-refractivity contribution in [1.29, 1.82) is 0 Å². The van der Waals surface area contributed by atoms with E-state index in [1.807, 2.05) is 5.38 Å². The van der Waals surface area contributed by atoms with E-state index in [2.05, 4.69) is 25.2 Å². The van der Waals surface area contributed by atoms with Crippen molar-refractivity contribution in [3.8, 4) is 0 Å². The number of nitrogens with zero attached hydrogens (tertiary/aromatic N) is 2. The number of sulfonamides is 1. The van der Waals surface area contributed by atoms with Crippen LogP contribution < -0.4 is 15.4 Å². The Balaban J connectivity index is 1.55. The molecule has 1 aromatic carbocycles. The minimum absolute atomic E-state index is 0.000631. The largest absolute Gasteiger partial charge is 0.326 e. The number of amides is 2. The maximum atomic E-state index is 12.6. The first-order valence-corrected chi connectivity index (χ1v) is 12.5. The van der Waals surface area contributed by atoms with Gasteiger partial charge in [0.25, 0.3) is 0 Å². The minimum atomic E-state index is -3.90. The van der Waals surface area contributed by atoms with E-state index >= 15 is 0 Å². The Bertz CT molecular complexity index is 1010. The predicted molar refractivity (Wildman–Crippen MR) is 120 cm³/mol. The van der Waals surface area contributed by atoms with Crippen LogP contribution in [0.3, 0.4) is 0 Å². The van der Waals surface area contributed by atoms with Gasteiger partial charge >= 0.3 is 0 Å². The quantitative estimate of drug-likeness (QED) is 0.551. The molecule has 1 aromatic heterocycles. The van der Waals surface area contributed by atoms with Crippen LogP contribution >= 0.6 is 11.3 Å². The second-order valence-electron chi connectivity index (χ2n) is 7.52. The molecule has 2 aromatic rings. The third kappa shape index (κ3) is 6.82. The molecule has 1 aliphatic heterocycles. The van der Waals surface area contributed by atoms with Crippen LogP contribution in [0.15, 0.2) is 34.5 Å². The number of thiazole rings is 1. The molecule has 0 spiro atoms. The molecule has 31 heavy (non-hydrogen) atoms. The summed E-state index contributed by atoms with van der Waals surface area (Å²) in [5, 5.41) is 7.61. The maximum Gasteiger partial charge on any atom is 0.244 e. The molecule has 3 rings (SSSR count). The predicted octanol–water partition coefficient (Wildman–Crippen LogP) is 2.39. The highest BCUT2D eigenvalue weighted by Gasteiger charge is 2.23. The van der Waals surface area contributed by atoms with Crippen molar-refractivity contribution in [1.82, 2.24) is 14.6 Å². The Labute approximate surface area is 186 Å². The molecule has 1 aliphatic rings. The molecule has 0 aliphatic carbocycles. The Morgan fingerprint density at radius 3 is 2.45 bits per heavy atom. The van der Waals surface area contributed by atoms with E-state index in [-0.39, 0.29) is 10.8 Å². The second-order valence-corrected chi connectivity index (χ2v) is 10.1. The van der Waals surface area contributed by atoms with E-state index in [0.717, 1.165) is 25.3 Å². The van der Waals surface area contributed by atoms with E-state index in [0.29, 0.717) is 10.8 Å². The zero-order valence-electron chi connectivity index (χ0n) is 17.6. The number of piperidine rings is 1. The number of benzene rings is 1. The highest BCUT2D eigenvalue weighted by atomic mass is 32.2. The van der Waals surface area contributed by atoms with E-state index in [1.165, 1.54) is 68.7 Å². The fourth-order valence-electron chi connectivity index (χ4n) is 3.27. The number of likely N-dealkylation sites (tertiary alicyclic amines) is 1. The zero-order valence-corrected chi connectivity index (χ0v) is 19.2. The lowest BCUT2D eigenvalue weighted by Crippen LogP contribution is -2.41. The van der Waals surface area contributed by atoms with Crippen molar-refractivity contribution in [3.63, 3.8) is 0 Å². The van der Waals surface area contributed by atoms with Crippen LogP contribution in [0.2, 0.25) is 0 Å². The molecule has 0 radical (unpaired) electrons. The van der Waals surface area contributed by atoms with Crippen LogP contribution in [-0.2, 0) is 26.2 Å². The monoisotopic (exact) mass is 465 g/mol. The molecule has 168 valence electrons. The van der Waals surface area contributed by atoms with Crippen molar-refractivity contribution in [2.24, 2.45) is 0 Å². The minimum Gasteiger partial charge on any atom is -0.326 e. The number of hydrogen-bond acceptors (Lipinski definition) is 7. The first kappa shape index (κ1) is 23.3. The summed E-state index contributed by atoms with van der Waals surface area (Å²) in [5.74, 6) is -0.738. The lowest BCUT2D eigenvalue weighted by atomic mass is 10.1. The van der Waals surface area contributed by atoms with Gasteiger partial charge in [-0.3, -0.25) is 14.5 Å². The molecule has 1 fully saturated rings. The van der Waals surface area contributed by atoms with Crippen molar-refractivity contribution in [2.45, 2.75) is 50.6 Å². The molecule has 2 amide bonds. The molecule has 3 N–H and O–H groups in total. The first-order chi connectivity index (χ1) is 14.7. The lowest BCUT2D eigenvalue weighted by molar-refractivity contribution is -0.117. The molecule has 1 atom stereocenters. The van der Waals surface area contributed by atoms with Crippen LogP contribution in [0.4, 0.5) is 10.8 Å². The number of hydrogen-bond donors (Lipinski definition) is 3. The number of carbonyl (C=O) groups excluding carboxylic acids is 2. The molecule has 0 bridgehead atoms. The fraction of sp³-hybridized carbons (Fsp3) is 0.450. The fourth-order valence-corrected chi connectivity index (χ4v) is 5.18. The maximum absolute atomic E-state index is 12.6. The molecule has 0 saturated carbocycles. The van der Waals surface area contributed by atoms with Crippen molar-refractivity contribution >= 4 is 44.0 Å². The SMILES string of the molecule is CC(=O)Nc1ccc(S(=O)(=O)N[C@@H](C)C(=O)Nc2nc(CN3CCCCC3)cs2)cc1. The van der Waals surface area contributed by atoms with Crippen LogP contribution in [-0.4, -0.2) is 49.2 Å². The number of carbonyl (C=O) groups is 2. The normalized spacial score (nSPS) is 15.9. The first-order valence-electron chi connectivity index (χ1n) is 10.1. The van der Waals surface area contributed by atoms with Crippen LogP contribution in [0.25, 0.3) is 0 Å². The molecule has 1 saturated heterocycles. The summed E-state index contributed by atoms with van der Waals surface area (Å²) in [6.45, 7) is 5.71. The molecule has 9 nitrogen and oxygen atoms in total. The van der Waals surface area contributed by atoms with Gasteiger partial charge in [-0.2, -0.15) is 4.72 Å². The summed E-state index contributed by atoms with van der Waals surface area (Å²) in [5.41, 5.74) is 1.39. The zero-order chi connectivity index (χ0) is 22.4. The average Bonchev–Trinajstić information content (AvgIpc) is 3.15. The summed E-state index contributed by atoms with van der Waals surface area (Å²) in [7, 11) is -3.90. The second kappa shape index (κ2) is 10.3. The smallest absolute Gasteiger partial charge is 0.244 e. The van der Waals surface area contributed by atoms with Gasteiger partial charge in [-0.15, -0.1) is 11.3 Å². The highest BCUT2D eigenvalue weighted by Crippen LogP contribution is 2.19. The summed E-state index contributed by atoms with van der Waals surface area (Å²) < 4.78 is 27.5. The van der Waals surface area contributed by atoms with Gasteiger partial charge in [0, 0.05) is 24.5 Å². The number of nitrogens with one attached hydrogen (secondary N) is 3. The van der Waals surface area contributed by atoms with Gasteiger partial charge in [0.05, 0.1) is 16.6 Å². The van der Waals surface area contributed by atoms with Crippen molar-refractivity contribution < 1.29 is 18.0 Å². The van der Waals surface area contributed by atoms with Gasteiger partial charge in [0.15, 0.2) is 5.13 Å². The standard InChI is InChI=1S/C20H27N5O4S2/c1-14(24-31(28,29)18-8-6-16(7-9-18)21-15(2)26)19(27)23-20-22-17(13-30-20)12-25-10-4-3-5-11-25/h6-9,13-14,24H,3-5,10-12H2,1-2H3,(H,21,26)(H,22,23,27)/t14-/m0/s1. The summed E-state index contributed by atoms with van der Waals surface area (Å²) in [6.07, 6.45) is 3.66. The summed E-state index contributed by atoms with van der Waals surface area (Å²) >= 11 is 1.32. The Morgan fingerprint density at radius 2 is 1.81 bits per heavy atom. The van der Waals surface area contributed by atoms with E-state index < -0.39 is 22.0 Å². The van der Waals surface area contributed by atoms with E-state index in [9.17, 15) is 18.0 Å². The highest BCUT2D eigenvalue weighted by molar-refractivity contribution is 7.89. The number of anilines is 2. The lowest BCUT2D eigenvalue weighted by Gasteiger charge is -2.25. The van der Waals surface area contributed by atoms with Gasteiger partial charge in [-0.1, -0.05) is 6.42 Å². The van der Waals surface area contributed by atoms with Crippen LogP contribution in [0.1, 0.15) is 38.8 Å². The molecule has 2 heterocycles. The third-order valence-corrected chi connectivity index (χ3v) is 7.19. The summed E-state index contributed by atoms with van der Waals surface area (Å²) in [4.78, 5) is 30.3. The molecular weight excluding hydrogens is 438 g/mol. The van der Waals surface area contributed by atoms with Crippen LogP contribution in [0.5, 0.6) is 0 Å². The molecule has 0 unspecified atom stereocenters. The Hall–Kier alpha value is -2.34. The number of rotatable bonds is 8. The van der Waals surface area contributed by atoms with E-state index in [1.54, 1.807) is 0 Å². The summed E-state index contributed by atoms with van der Waals surface area (Å²) in [6, 6.07) is 4.72. The van der Waals surface area contributed by atoms with Gasteiger partial charge in [-0.05, 0) is 57.1 Å². The Kier molecular flexibility index (Phi) is 7.76. The van der Waals surface area contributed by atoms with E-state index in [4.69, 9.17) is 0 Å². The van der Waals surface area contributed by atoms with Crippen LogP contribution in [0, 0.1) is 0 Å². The van der Waals surface area contributed by atoms with Gasteiger partial charge < -0.3 is 10.6 Å².